The number of hydrogen-bond acceptors (Lipinski definition) is 4. The molecule has 2 unspecified atom stereocenters. The minimum absolute atomic E-state index is 0.118. The first kappa shape index (κ1) is 19.4. The van der Waals surface area contributed by atoms with Gasteiger partial charge >= 0.3 is 5.97 Å². The predicted molar refractivity (Wildman–Crippen MR) is 94.4 cm³/mol. The standard InChI is InChI=1S/C18H25NO5S/c1-12-9-10-13(11-16(12)25(2,23)24)17(20)19-15-8-6-4-3-5-7-14(15)18(21)22/h9-11,14-15H,3-8H2,1-2H3,(H,19,20)(H,21,22). The van der Waals surface area contributed by atoms with Crippen LogP contribution in [0.5, 0.6) is 0 Å². The van der Waals surface area contributed by atoms with E-state index >= 15 is 0 Å². The quantitative estimate of drug-likeness (QED) is 0.852. The van der Waals surface area contributed by atoms with Crippen LogP contribution in [-0.2, 0) is 14.6 Å². The van der Waals surface area contributed by atoms with Gasteiger partial charge in [0.2, 0.25) is 0 Å². The lowest BCUT2D eigenvalue weighted by molar-refractivity contribution is -0.143. The van der Waals surface area contributed by atoms with Crippen molar-refractivity contribution in [3.05, 3.63) is 29.3 Å². The Kier molecular flexibility index (Phi) is 6.21. The fraction of sp³-hybridized carbons (Fsp3) is 0.556. The van der Waals surface area contributed by atoms with Crippen LogP contribution in [-0.4, -0.2) is 37.7 Å². The van der Waals surface area contributed by atoms with Gasteiger partial charge in [0.25, 0.3) is 5.91 Å². The van der Waals surface area contributed by atoms with Crippen LogP contribution in [0.3, 0.4) is 0 Å². The lowest BCUT2D eigenvalue weighted by Gasteiger charge is -2.27. The van der Waals surface area contributed by atoms with E-state index in [1.807, 2.05) is 0 Å². The summed E-state index contributed by atoms with van der Waals surface area (Å²) >= 11 is 0. The fourth-order valence-corrected chi connectivity index (χ4v) is 4.34. The molecule has 2 N–H and O–H groups in total. The lowest BCUT2D eigenvalue weighted by atomic mass is 9.86. The molecule has 1 aliphatic carbocycles. The van der Waals surface area contributed by atoms with Gasteiger partial charge < -0.3 is 10.4 Å². The third kappa shape index (κ3) is 5.04. The molecule has 0 heterocycles. The van der Waals surface area contributed by atoms with Crippen molar-refractivity contribution in [3.63, 3.8) is 0 Å². The maximum absolute atomic E-state index is 12.6. The van der Waals surface area contributed by atoms with Gasteiger partial charge in [0.1, 0.15) is 0 Å². The summed E-state index contributed by atoms with van der Waals surface area (Å²) in [5.74, 6) is -1.93. The van der Waals surface area contributed by atoms with Crippen LogP contribution in [0.15, 0.2) is 23.1 Å². The fourth-order valence-electron chi connectivity index (χ4n) is 3.35. The van der Waals surface area contributed by atoms with Crippen LogP contribution in [0.2, 0.25) is 0 Å². The largest absolute Gasteiger partial charge is 0.481 e. The van der Waals surface area contributed by atoms with Crippen molar-refractivity contribution >= 4 is 21.7 Å². The summed E-state index contributed by atoms with van der Waals surface area (Å²) in [6, 6.07) is 4.09. The van der Waals surface area contributed by atoms with Gasteiger partial charge in [-0.15, -0.1) is 0 Å². The second-order valence-corrected chi connectivity index (χ2v) is 8.75. The van der Waals surface area contributed by atoms with Crippen LogP contribution in [0, 0.1) is 12.8 Å². The Balaban J connectivity index is 2.23. The Hall–Kier alpha value is -1.89. The van der Waals surface area contributed by atoms with Crippen LogP contribution in [0.4, 0.5) is 0 Å². The first-order valence-corrected chi connectivity index (χ1v) is 10.4. The molecule has 1 saturated carbocycles. The molecule has 0 spiro atoms. The zero-order valence-corrected chi connectivity index (χ0v) is 15.4. The molecule has 1 aromatic carbocycles. The Labute approximate surface area is 148 Å². The molecular formula is C18H25NO5S. The SMILES string of the molecule is Cc1ccc(C(=O)NC2CCCCCCC2C(=O)O)cc1S(C)(=O)=O. The zero-order chi connectivity index (χ0) is 18.6. The van der Waals surface area contributed by atoms with E-state index in [1.165, 1.54) is 6.07 Å². The molecule has 7 heteroatoms. The summed E-state index contributed by atoms with van der Waals surface area (Å²) < 4.78 is 23.7. The maximum atomic E-state index is 12.6. The van der Waals surface area contributed by atoms with Gasteiger partial charge in [0.15, 0.2) is 9.84 Å². The highest BCUT2D eigenvalue weighted by atomic mass is 32.2. The van der Waals surface area contributed by atoms with E-state index in [9.17, 15) is 23.1 Å². The number of carbonyl (C=O) groups excluding carboxylic acids is 1. The molecule has 25 heavy (non-hydrogen) atoms. The first-order chi connectivity index (χ1) is 11.7. The van der Waals surface area contributed by atoms with Crippen molar-refractivity contribution in [1.29, 1.82) is 0 Å². The third-order valence-corrected chi connectivity index (χ3v) is 5.99. The van der Waals surface area contributed by atoms with Gasteiger partial charge in [0.05, 0.1) is 10.8 Å². The second kappa shape index (κ2) is 7.99. The molecule has 0 radical (unpaired) electrons. The smallest absolute Gasteiger partial charge is 0.308 e. The molecule has 0 bridgehead atoms. The zero-order valence-electron chi connectivity index (χ0n) is 14.6. The number of aliphatic carboxylic acids is 1. The van der Waals surface area contributed by atoms with Crippen molar-refractivity contribution in [1.82, 2.24) is 5.32 Å². The van der Waals surface area contributed by atoms with Crippen molar-refractivity contribution in [2.75, 3.05) is 6.26 Å². The van der Waals surface area contributed by atoms with E-state index in [2.05, 4.69) is 5.32 Å². The van der Waals surface area contributed by atoms with Gasteiger partial charge in [-0.05, 0) is 37.5 Å². The van der Waals surface area contributed by atoms with E-state index in [-0.39, 0.29) is 10.5 Å². The summed E-state index contributed by atoms with van der Waals surface area (Å²) in [5, 5.41) is 12.3. The molecule has 2 atom stereocenters. The van der Waals surface area contributed by atoms with E-state index < -0.39 is 33.7 Å². The van der Waals surface area contributed by atoms with E-state index in [0.29, 0.717) is 18.4 Å². The molecule has 1 amide bonds. The van der Waals surface area contributed by atoms with Gasteiger partial charge in [-0.2, -0.15) is 0 Å². The van der Waals surface area contributed by atoms with Crippen LogP contribution in [0.25, 0.3) is 0 Å². The normalized spacial score (nSPS) is 21.8. The summed E-state index contributed by atoms with van der Waals surface area (Å²) in [6.45, 7) is 1.67. The number of hydrogen-bond donors (Lipinski definition) is 2. The topological polar surface area (TPSA) is 101 Å². The maximum Gasteiger partial charge on any atom is 0.308 e. The average molecular weight is 367 g/mol. The molecule has 0 aliphatic heterocycles. The first-order valence-electron chi connectivity index (χ1n) is 8.54. The number of benzene rings is 1. The van der Waals surface area contributed by atoms with Gasteiger partial charge in [0, 0.05) is 17.9 Å². The molecular weight excluding hydrogens is 342 g/mol. The minimum atomic E-state index is -3.43. The number of nitrogens with one attached hydrogen (secondary N) is 1. The van der Waals surface area contributed by atoms with Crippen LogP contribution in [0.1, 0.15) is 54.4 Å². The second-order valence-electron chi connectivity index (χ2n) is 6.77. The number of carbonyl (C=O) groups is 2. The minimum Gasteiger partial charge on any atom is -0.481 e. The predicted octanol–water partition coefficient (Wildman–Crippen LogP) is 2.55. The van der Waals surface area contributed by atoms with Crippen molar-refractivity contribution in [3.8, 4) is 0 Å². The lowest BCUT2D eigenvalue weighted by Crippen LogP contribution is -2.44. The Morgan fingerprint density at radius 1 is 1.12 bits per heavy atom. The Morgan fingerprint density at radius 3 is 2.36 bits per heavy atom. The summed E-state index contributed by atoms with van der Waals surface area (Å²) in [7, 11) is -3.43. The summed E-state index contributed by atoms with van der Waals surface area (Å²) in [4.78, 5) is 24.2. The van der Waals surface area contributed by atoms with Gasteiger partial charge in [-0.3, -0.25) is 9.59 Å². The monoisotopic (exact) mass is 367 g/mol. The van der Waals surface area contributed by atoms with Crippen LogP contribution >= 0.6 is 0 Å². The van der Waals surface area contributed by atoms with Crippen molar-refractivity contribution in [2.45, 2.75) is 56.4 Å². The molecule has 2 rings (SSSR count). The molecule has 6 nitrogen and oxygen atoms in total. The van der Waals surface area contributed by atoms with Crippen molar-refractivity contribution < 1.29 is 23.1 Å². The summed E-state index contributed by atoms with van der Waals surface area (Å²) in [5.41, 5.74) is 0.811. The van der Waals surface area contributed by atoms with Crippen LogP contribution < -0.4 is 5.32 Å². The van der Waals surface area contributed by atoms with Gasteiger partial charge in [-0.1, -0.05) is 31.7 Å². The Morgan fingerprint density at radius 2 is 1.76 bits per heavy atom. The van der Waals surface area contributed by atoms with E-state index in [1.54, 1.807) is 19.1 Å². The number of amides is 1. The Bertz CT molecular complexity index is 757. The van der Waals surface area contributed by atoms with Crippen molar-refractivity contribution in [2.24, 2.45) is 5.92 Å². The molecule has 138 valence electrons. The highest BCUT2D eigenvalue weighted by Crippen LogP contribution is 2.24. The third-order valence-electron chi connectivity index (χ3n) is 4.75. The number of carboxylic acid groups (broad SMARTS) is 1. The van der Waals surface area contributed by atoms with Gasteiger partial charge in [-0.25, -0.2) is 8.42 Å². The number of carboxylic acids is 1. The number of rotatable bonds is 4. The molecule has 1 aromatic rings. The summed E-state index contributed by atoms with van der Waals surface area (Å²) in [6.07, 6.45) is 6.02. The highest BCUT2D eigenvalue weighted by Gasteiger charge is 2.30. The highest BCUT2D eigenvalue weighted by molar-refractivity contribution is 7.90. The van der Waals surface area contributed by atoms with E-state index in [0.717, 1.165) is 31.9 Å². The molecule has 1 aliphatic rings. The number of sulfone groups is 1. The molecule has 0 aromatic heterocycles. The molecule has 1 fully saturated rings. The molecule has 0 saturated heterocycles. The van der Waals surface area contributed by atoms with E-state index in [4.69, 9.17) is 0 Å². The average Bonchev–Trinajstić information content (AvgIpc) is 2.48. The number of aryl methyl sites for hydroxylation is 1.